The van der Waals surface area contributed by atoms with Crippen LogP contribution in [0.1, 0.15) is 12.8 Å². The maximum absolute atomic E-state index is 11.5. The quantitative estimate of drug-likeness (QED) is 0.369. The molecule has 92 valence electrons. The van der Waals surface area contributed by atoms with Crippen LogP contribution >= 0.6 is 11.9 Å². The SMILES string of the molecule is NNC(=O)C1CCCN(Sc2ccccc2)C1. The number of hydrazine groups is 1. The van der Waals surface area contributed by atoms with Crippen molar-refractivity contribution < 1.29 is 4.79 Å². The second-order valence-corrected chi connectivity index (χ2v) is 5.31. The Morgan fingerprint density at radius 3 is 2.88 bits per heavy atom. The van der Waals surface area contributed by atoms with Crippen molar-refractivity contribution in [3.8, 4) is 0 Å². The highest BCUT2D eigenvalue weighted by Crippen LogP contribution is 2.28. The zero-order valence-electron chi connectivity index (χ0n) is 9.63. The van der Waals surface area contributed by atoms with Crippen molar-refractivity contribution in [2.24, 2.45) is 11.8 Å². The Labute approximate surface area is 106 Å². The fraction of sp³-hybridized carbons (Fsp3) is 0.417. The van der Waals surface area contributed by atoms with Crippen molar-refractivity contribution in [2.75, 3.05) is 13.1 Å². The summed E-state index contributed by atoms with van der Waals surface area (Å²) in [5.41, 5.74) is 2.24. The van der Waals surface area contributed by atoms with E-state index in [1.807, 2.05) is 18.2 Å². The van der Waals surface area contributed by atoms with Crippen molar-refractivity contribution >= 4 is 17.9 Å². The van der Waals surface area contributed by atoms with Crippen molar-refractivity contribution in [2.45, 2.75) is 17.7 Å². The number of nitrogens with one attached hydrogen (secondary N) is 1. The van der Waals surface area contributed by atoms with Crippen LogP contribution in [0.15, 0.2) is 35.2 Å². The van der Waals surface area contributed by atoms with Gasteiger partial charge in [0.25, 0.3) is 0 Å². The van der Waals surface area contributed by atoms with Gasteiger partial charge in [-0.05, 0) is 36.9 Å². The predicted octanol–water partition coefficient (Wildman–Crippen LogP) is 1.40. The molecule has 1 aromatic rings. The van der Waals surface area contributed by atoms with Crippen LogP contribution in [0.5, 0.6) is 0 Å². The van der Waals surface area contributed by atoms with Gasteiger partial charge in [0.05, 0.1) is 5.92 Å². The Morgan fingerprint density at radius 2 is 2.18 bits per heavy atom. The minimum Gasteiger partial charge on any atom is -0.294 e. The van der Waals surface area contributed by atoms with Crippen LogP contribution in [-0.2, 0) is 4.79 Å². The third-order valence-corrected chi connectivity index (χ3v) is 3.95. The van der Waals surface area contributed by atoms with E-state index >= 15 is 0 Å². The highest BCUT2D eigenvalue weighted by atomic mass is 32.2. The van der Waals surface area contributed by atoms with Gasteiger partial charge in [-0.2, -0.15) is 0 Å². The molecule has 1 saturated heterocycles. The fourth-order valence-corrected chi connectivity index (χ4v) is 3.04. The molecule has 0 aromatic heterocycles. The number of piperidine rings is 1. The summed E-state index contributed by atoms with van der Waals surface area (Å²) >= 11 is 1.71. The zero-order chi connectivity index (χ0) is 12.1. The van der Waals surface area contributed by atoms with E-state index in [1.165, 1.54) is 4.90 Å². The van der Waals surface area contributed by atoms with Crippen LogP contribution < -0.4 is 11.3 Å². The van der Waals surface area contributed by atoms with E-state index in [0.717, 1.165) is 25.9 Å². The Morgan fingerprint density at radius 1 is 1.41 bits per heavy atom. The van der Waals surface area contributed by atoms with E-state index in [-0.39, 0.29) is 11.8 Å². The molecular weight excluding hydrogens is 234 g/mol. The molecule has 1 unspecified atom stereocenters. The van der Waals surface area contributed by atoms with Crippen LogP contribution in [0.4, 0.5) is 0 Å². The Hall–Kier alpha value is -1.04. The lowest BCUT2D eigenvalue weighted by molar-refractivity contribution is -0.126. The number of benzene rings is 1. The third kappa shape index (κ3) is 3.46. The van der Waals surface area contributed by atoms with E-state index in [9.17, 15) is 4.79 Å². The van der Waals surface area contributed by atoms with E-state index in [2.05, 4.69) is 21.9 Å². The van der Waals surface area contributed by atoms with Gasteiger partial charge in [-0.15, -0.1) is 0 Å². The van der Waals surface area contributed by atoms with Crippen LogP contribution in [0.3, 0.4) is 0 Å². The van der Waals surface area contributed by atoms with E-state index in [0.29, 0.717) is 0 Å². The molecule has 2 rings (SSSR count). The maximum Gasteiger partial charge on any atom is 0.238 e. The molecular formula is C12H17N3OS. The monoisotopic (exact) mass is 251 g/mol. The fourth-order valence-electron chi connectivity index (χ4n) is 1.99. The van der Waals surface area contributed by atoms with Gasteiger partial charge in [0.2, 0.25) is 5.91 Å². The minimum absolute atomic E-state index is 0.0185. The number of rotatable bonds is 3. The van der Waals surface area contributed by atoms with Gasteiger partial charge in [0.1, 0.15) is 0 Å². The number of hydrogen-bond acceptors (Lipinski definition) is 4. The number of carbonyl (C=O) groups excluding carboxylic acids is 1. The summed E-state index contributed by atoms with van der Waals surface area (Å²) < 4.78 is 2.23. The molecule has 1 aliphatic heterocycles. The summed E-state index contributed by atoms with van der Waals surface area (Å²) in [6, 6.07) is 10.2. The summed E-state index contributed by atoms with van der Waals surface area (Å²) in [5.74, 6) is 5.14. The van der Waals surface area contributed by atoms with Crippen molar-refractivity contribution in [1.29, 1.82) is 0 Å². The summed E-state index contributed by atoms with van der Waals surface area (Å²) in [4.78, 5) is 12.7. The van der Waals surface area contributed by atoms with Gasteiger partial charge in [-0.1, -0.05) is 18.2 Å². The number of nitrogens with zero attached hydrogens (tertiary/aromatic N) is 1. The normalized spacial score (nSPS) is 21.1. The topological polar surface area (TPSA) is 58.4 Å². The Balaban J connectivity index is 1.92. The molecule has 1 aliphatic rings. The lowest BCUT2D eigenvalue weighted by Gasteiger charge is -2.30. The average Bonchev–Trinajstić information content (AvgIpc) is 2.39. The molecule has 1 fully saturated rings. The molecule has 0 aliphatic carbocycles. The Bertz CT molecular complexity index is 371. The molecule has 4 nitrogen and oxygen atoms in total. The van der Waals surface area contributed by atoms with Crippen molar-refractivity contribution in [3.05, 3.63) is 30.3 Å². The smallest absolute Gasteiger partial charge is 0.238 e. The average molecular weight is 251 g/mol. The molecule has 5 heteroatoms. The lowest BCUT2D eigenvalue weighted by atomic mass is 9.99. The van der Waals surface area contributed by atoms with Crippen LogP contribution in [0.2, 0.25) is 0 Å². The number of amides is 1. The molecule has 1 heterocycles. The molecule has 3 N–H and O–H groups in total. The molecule has 1 atom stereocenters. The van der Waals surface area contributed by atoms with Gasteiger partial charge in [0.15, 0.2) is 0 Å². The summed E-state index contributed by atoms with van der Waals surface area (Å²) in [6.07, 6.45) is 1.97. The van der Waals surface area contributed by atoms with Gasteiger partial charge < -0.3 is 0 Å². The summed E-state index contributed by atoms with van der Waals surface area (Å²) in [7, 11) is 0. The van der Waals surface area contributed by atoms with Crippen LogP contribution in [-0.4, -0.2) is 23.3 Å². The Kier molecular flexibility index (Phi) is 4.42. The van der Waals surface area contributed by atoms with Crippen LogP contribution in [0.25, 0.3) is 0 Å². The van der Waals surface area contributed by atoms with Crippen molar-refractivity contribution in [3.63, 3.8) is 0 Å². The second kappa shape index (κ2) is 6.05. The van der Waals surface area contributed by atoms with E-state index in [1.54, 1.807) is 11.9 Å². The molecule has 0 spiro atoms. The second-order valence-electron chi connectivity index (χ2n) is 4.14. The number of carbonyl (C=O) groups is 1. The van der Waals surface area contributed by atoms with Crippen LogP contribution in [0, 0.1) is 5.92 Å². The first-order valence-electron chi connectivity index (χ1n) is 5.78. The molecule has 17 heavy (non-hydrogen) atoms. The van der Waals surface area contributed by atoms with Crippen molar-refractivity contribution in [1.82, 2.24) is 9.73 Å². The standard InChI is InChI=1S/C12H17N3OS/c13-14-12(16)10-5-4-8-15(9-10)17-11-6-2-1-3-7-11/h1-3,6-7,10H,4-5,8-9,13H2,(H,14,16). The van der Waals surface area contributed by atoms with E-state index in [4.69, 9.17) is 5.84 Å². The van der Waals surface area contributed by atoms with Gasteiger partial charge in [-0.3, -0.25) is 10.2 Å². The van der Waals surface area contributed by atoms with Gasteiger partial charge in [0, 0.05) is 18.0 Å². The first kappa shape index (κ1) is 12.4. The number of hydrogen-bond donors (Lipinski definition) is 2. The maximum atomic E-state index is 11.5. The van der Waals surface area contributed by atoms with E-state index < -0.39 is 0 Å². The van der Waals surface area contributed by atoms with Gasteiger partial charge in [-0.25, -0.2) is 10.1 Å². The highest BCUT2D eigenvalue weighted by Gasteiger charge is 2.25. The highest BCUT2D eigenvalue weighted by molar-refractivity contribution is 7.97. The molecule has 0 bridgehead atoms. The van der Waals surface area contributed by atoms with Gasteiger partial charge >= 0.3 is 0 Å². The first-order valence-corrected chi connectivity index (χ1v) is 6.55. The minimum atomic E-state index is -0.0524. The zero-order valence-corrected chi connectivity index (χ0v) is 10.5. The first-order chi connectivity index (χ1) is 8.29. The molecule has 0 saturated carbocycles. The lowest BCUT2D eigenvalue weighted by Crippen LogP contribution is -2.43. The summed E-state index contributed by atoms with van der Waals surface area (Å²) in [5, 5.41) is 0. The molecule has 0 radical (unpaired) electrons. The molecule has 1 aromatic carbocycles. The third-order valence-electron chi connectivity index (χ3n) is 2.87. The number of nitrogens with two attached hydrogens (primary N) is 1. The molecule has 1 amide bonds. The summed E-state index contributed by atoms with van der Waals surface area (Å²) in [6.45, 7) is 1.79. The predicted molar refractivity (Wildman–Crippen MR) is 68.9 cm³/mol. The largest absolute Gasteiger partial charge is 0.294 e.